The van der Waals surface area contributed by atoms with Crippen molar-refractivity contribution in [3.63, 3.8) is 0 Å². The lowest BCUT2D eigenvalue weighted by atomic mass is 10.1. The molecule has 0 unspecified atom stereocenters. The first kappa shape index (κ1) is 14.5. The first-order valence-corrected chi connectivity index (χ1v) is 7.51. The van der Waals surface area contributed by atoms with Crippen molar-refractivity contribution in [2.75, 3.05) is 12.9 Å². The van der Waals surface area contributed by atoms with Crippen LogP contribution in [-0.2, 0) is 4.79 Å². The molecule has 0 heterocycles. The Morgan fingerprint density at radius 1 is 1.35 bits per heavy atom. The van der Waals surface area contributed by atoms with Gasteiger partial charge in [0.2, 0.25) is 5.91 Å². The van der Waals surface area contributed by atoms with E-state index >= 15 is 0 Å². The highest BCUT2D eigenvalue weighted by Gasteiger charge is 2.13. The van der Waals surface area contributed by atoms with Crippen molar-refractivity contribution in [3.8, 4) is 0 Å². The van der Waals surface area contributed by atoms with Crippen LogP contribution >= 0.6 is 11.8 Å². The number of aliphatic hydroxyl groups is 1. The van der Waals surface area contributed by atoms with Gasteiger partial charge < -0.3 is 10.4 Å². The van der Waals surface area contributed by atoms with E-state index in [2.05, 4.69) is 10.3 Å². The summed E-state index contributed by atoms with van der Waals surface area (Å²) in [5, 5.41) is 12.1. The molecule has 0 saturated heterocycles. The molecule has 5 heteroatoms. The number of aliphatic imine (C=N–C) groups is 1. The van der Waals surface area contributed by atoms with E-state index in [9.17, 15) is 4.79 Å². The minimum Gasteiger partial charge on any atom is -0.396 e. The van der Waals surface area contributed by atoms with Crippen molar-refractivity contribution in [3.05, 3.63) is 0 Å². The fourth-order valence-corrected chi connectivity index (χ4v) is 2.44. The lowest BCUT2D eigenvalue weighted by molar-refractivity contribution is -0.120. The predicted octanol–water partition coefficient (Wildman–Crippen LogP) is 1.93. The van der Waals surface area contributed by atoms with E-state index in [1.165, 1.54) is 37.4 Å². The molecule has 98 valence electrons. The minimum atomic E-state index is -0.158. The summed E-state index contributed by atoms with van der Waals surface area (Å²) in [7, 11) is 0. The van der Waals surface area contributed by atoms with E-state index in [0.29, 0.717) is 11.2 Å². The lowest BCUT2D eigenvalue weighted by Gasteiger charge is -2.12. The fourth-order valence-electron chi connectivity index (χ4n) is 1.97. The van der Waals surface area contributed by atoms with Gasteiger partial charge in [-0.25, -0.2) is 0 Å². The molecule has 17 heavy (non-hydrogen) atoms. The number of amides is 1. The number of nitrogens with zero attached hydrogens (tertiary/aromatic N) is 1. The molecule has 0 spiro atoms. The van der Waals surface area contributed by atoms with E-state index < -0.39 is 0 Å². The molecule has 0 aromatic rings. The van der Waals surface area contributed by atoms with Crippen LogP contribution in [0.5, 0.6) is 0 Å². The van der Waals surface area contributed by atoms with E-state index in [4.69, 9.17) is 5.11 Å². The molecule has 0 radical (unpaired) electrons. The third kappa shape index (κ3) is 6.07. The second-order valence-electron chi connectivity index (χ2n) is 4.31. The Morgan fingerprint density at radius 3 is 2.53 bits per heavy atom. The minimum absolute atomic E-state index is 0.114. The monoisotopic (exact) mass is 258 g/mol. The van der Waals surface area contributed by atoms with Crippen molar-refractivity contribution in [2.45, 2.75) is 51.0 Å². The quantitative estimate of drug-likeness (QED) is 0.462. The van der Waals surface area contributed by atoms with E-state index in [1.807, 2.05) is 6.26 Å². The molecule has 0 aromatic carbocycles. The molecular weight excluding hydrogens is 236 g/mol. The van der Waals surface area contributed by atoms with Gasteiger partial charge in [-0.3, -0.25) is 9.79 Å². The zero-order chi connectivity index (χ0) is 12.5. The summed E-state index contributed by atoms with van der Waals surface area (Å²) in [6.45, 7) is -0.114. The van der Waals surface area contributed by atoms with Crippen LogP contribution < -0.4 is 5.32 Å². The van der Waals surface area contributed by atoms with E-state index in [-0.39, 0.29) is 18.9 Å². The SMILES string of the molecule is CSC(=NC1CCCCCC1)NC(=O)CCO. The van der Waals surface area contributed by atoms with Crippen LogP contribution in [0, 0.1) is 0 Å². The molecule has 0 atom stereocenters. The Morgan fingerprint density at radius 2 is 2.00 bits per heavy atom. The molecule has 1 rings (SSSR count). The number of nitrogens with one attached hydrogen (secondary N) is 1. The first-order valence-electron chi connectivity index (χ1n) is 6.28. The highest BCUT2D eigenvalue weighted by atomic mass is 32.2. The maximum Gasteiger partial charge on any atom is 0.228 e. The predicted molar refractivity (Wildman–Crippen MR) is 72.3 cm³/mol. The van der Waals surface area contributed by atoms with E-state index in [1.54, 1.807) is 0 Å². The van der Waals surface area contributed by atoms with Gasteiger partial charge in [-0.15, -0.1) is 0 Å². The summed E-state index contributed by atoms with van der Waals surface area (Å²) < 4.78 is 0. The number of hydrogen-bond donors (Lipinski definition) is 2. The molecule has 4 nitrogen and oxygen atoms in total. The largest absolute Gasteiger partial charge is 0.396 e. The molecule has 1 saturated carbocycles. The maximum absolute atomic E-state index is 11.4. The topological polar surface area (TPSA) is 61.7 Å². The number of carbonyl (C=O) groups is 1. The molecule has 0 aliphatic heterocycles. The van der Waals surface area contributed by atoms with Gasteiger partial charge in [0.25, 0.3) is 0 Å². The number of carbonyl (C=O) groups excluding carboxylic acids is 1. The summed E-state index contributed by atoms with van der Waals surface area (Å²) in [5.74, 6) is -0.158. The van der Waals surface area contributed by atoms with Crippen molar-refractivity contribution < 1.29 is 9.90 Å². The molecule has 1 amide bonds. The van der Waals surface area contributed by atoms with Gasteiger partial charge in [-0.1, -0.05) is 37.4 Å². The van der Waals surface area contributed by atoms with Crippen molar-refractivity contribution in [1.29, 1.82) is 0 Å². The third-order valence-corrected chi connectivity index (χ3v) is 3.50. The fraction of sp³-hybridized carbons (Fsp3) is 0.833. The number of amidine groups is 1. The Kier molecular flexibility index (Phi) is 7.28. The number of thioether (sulfide) groups is 1. The standard InChI is InChI=1S/C12H22N2O2S/c1-17-12(14-11(16)8-9-15)13-10-6-4-2-3-5-7-10/h10,15H,2-9H2,1H3,(H,13,14,16). The van der Waals surface area contributed by atoms with Crippen LogP contribution in [0.3, 0.4) is 0 Å². The molecule has 1 aliphatic rings. The van der Waals surface area contributed by atoms with Crippen LogP contribution in [-0.4, -0.2) is 35.1 Å². The van der Waals surface area contributed by atoms with Crippen LogP contribution in [0.15, 0.2) is 4.99 Å². The highest BCUT2D eigenvalue weighted by molar-refractivity contribution is 8.13. The summed E-state index contributed by atoms with van der Waals surface area (Å²) in [6.07, 6.45) is 9.38. The summed E-state index contributed by atoms with van der Waals surface area (Å²) in [4.78, 5) is 16.0. The number of hydrogen-bond acceptors (Lipinski definition) is 4. The van der Waals surface area contributed by atoms with Gasteiger partial charge in [0.15, 0.2) is 5.17 Å². The van der Waals surface area contributed by atoms with Crippen LogP contribution in [0.2, 0.25) is 0 Å². The average Bonchev–Trinajstić information content (AvgIpc) is 2.57. The zero-order valence-electron chi connectivity index (χ0n) is 10.4. The van der Waals surface area contributed by atoms with Crippen LogP contribution in [0.4, 0.5) is 0 Å². The smallest absolute Gasteiger partial charge is 0.228 e. The second kappa shape index (κ2) is 8.53. The van der Waals surface area contributed by atoms with E-state index in [0.717, 1.165) is 12.8 Å². The van der Waals surface area contributed by atoms with Gasteiger partial charge in [0, 0.05) is 0 Å². The number of rotatable bonds is 3. The van der Waals surface area contributed by atoms with Gasteiger partial charge in [-0.05, 0) is 19.1 Å². The lowest BCUT2D eigenvalue weighted by Crippen LogP contribution is -2.29. The molecular formula is C12H22N2O2S. The molecule has 2 N–H and O–H groups in total. The Balaban J connectivity index is 2.48. The van der Waals surface area contributed by atoms with Gasteiger partial charge in [-0.2, -0.15) is 0 Å². The van der Waals surface area contributed by atoms with Crippen molar-refractivity contribution in [2.24, 2.45) is 4.99 Å². The zero-order valence-corrected chi connectivity index (χ0v) is 11.3. The molecule has 0 aromatic heterocycles. The second-order valence-corrected chi connectivity index (χ2v) is 5.10. The molecule has 1 aliphatic carbocycles. The van der Waals surface area contributed by atoms with Crippen molar-refractivity contribution in [1.82, 2.24) is 5.32 Å². The third-order valence-electron chi connectivity index (χ3n) is 2.90. The summed E-state index contributed by atoms with van der Waals surface area (Å²) >= 11 is 1.46. The Hall–Kier alpha value is -0.550. The van der Waals surface area contributed by atoms with Crippen LogP contribution in [0.25, 0.3) is 0 Å². The molecule has 1 fully saturated rings. The van der Waals surface area contributed by atoms with Gasteiger partial charge in [0.05, 0.1) is 19.1 Å². The Labute approximate surface area is 107 Å². The van der Waals surface area contributed by atoms with Crippen molar-refractivity contribution >= 4 is 22.8 Å². The van der Waals surface area contributed by atoms with Gasteiger partial charge in [0.1, 0.15) is 0 Å². The molecule has 0 bridgehead atoms. The normalized spacial score (nSPS) is 18.8. The van der Waals surface area contributed by atoms with Crippen LogP contribution in [0.1, 0.15) is 44.9 Å². The van der Waals surface area contributed by atoms with Gasteiger partial charge >= 0.3 is 0 Å². The highest BCUT2D eigenvalue weighted by Crippen LogP contribution is 2.20. The summed E-state index contributed by atoms with van der Waals surface area (Å²) in [6, 6.07) is 0.356. The maximum atomic E-state index is 11.4. The summed E-state index contributed by atoms with van der Waals surface area (Å²) in [5.41, 5.74) is 0. The first-order chi connectivity index (χ1) is 8.26. The Bertz CT molecular complexity index is 261. The average molecular weight is 258 g/mol. The number of aliphatic hydroxyl groups excluding tert-OH is 1.